The van der Waals surface area contributed by atoms with Gasteiger partial charge < -0.3 is 5.32 Å². The Morgan fingerprint density at radius 2 is 2.00 bits per heavy atom. The minimum absolute atomic E-state index is 0.102. The number of hydrogen-bond donors (Lipinski definition) is 2. The highest BCUT2D eigenvalue weighted by Gasteiger charge is 2.05. The summed E-state index contributed by atoms with van der Waals surface area (Å²) in [6.45, 7) is 0.599. The largest absolute Gasteiger partial charge is 0.380 e. The fourth-order valence-corrected chi connectivity index (χ4v) is 2.06. The molecule has 1 aromatic heterocycles. The van der Waals surface area contributed by atoms with Crippen LogP contribution in [0.15, 0.2) is 48.7 Å². The average Bonchev–Trinajstić information content (AvgIpc) is 2.94. The van der Waals surface area contributed by atoms with Crippen molar-refractivity contribution >= 4 is 22.3 Å². The Kier molecular flexibility index (Phi) is 3.04. The number of nitro groups is 1. The van der Waals surface area contributed by atoms with Gasteiger partial charge in [0.1, 0.15) is 0 Å². The van der Waals surface area contributed by atoms with Gasteiger partial charge in [-0.05, 0) is 17.7 Å². The van der Waals surface area contributed by atoms with Crippen LogP contribution in [0.1, 0.15) is 5.56 Å². The molecule has 6 heteroatoms. The Bertz CT molecular complexity index is 749. The van der Waals surface area contributed by atoms with E-state index in [9.17, 15) is 10.1 Å². The third kappa shape index (κ3) is 2.31. The predicted molar refractivity (Wildman–Crippen MR) is 76.5 cm³/mol. The number of aromatic amines is 1. The van der Waals surface area contributed by atoms with Crippen LogP contribution in [0.4, 0.5) is 11.4 Å². The second-order valence-electron chi connectivity index (χ2n) is 4.41. The molecule has 0 radical (unpaired) electrons. The van der Waals surface area contributed by atoms with E-state index in [-0.39, 0.29) is 5.69 Å². The van der Waals surface area contributed by atoms with Crippen LogP contribution >= 0.6 is 0 Å². The maximum atomic E-state index is 10.6. The summed E-state index contributed by atoms with van der Waals surface area (Å²) < 4.78 is 0. The quantitative estimate of drug-likeness (QED) is 0.562. The molecule has 0 fully saturated rings. The van der Waals surface area contributed by atoms with E-state index in [0.717, 1.165) is 22.2 Å². The summed E-state index contributed by atoms with van der Waals surface area (Å²) in [7, 11) is 0. The first kappa shape index (κ1) is 12.2. The van der Waals surface area contributed by atoms with E-state index < -0.39 is 4.92 Å². The van der Waals surface area contributed by atoms with Crippen LogP contribution in [0.5, 0.6) is 0 Å². The van der Waals surface area contributed by atoms with Crippen molar-refractivity contribution in [2.45, 2.75) is 6.54 Å². The van der Waals surface area contributed by atoms with Crippen LogP contribution in [0.25, 0.3) is 10.9 Å². The fraction of sp³-hybridized carbons (Fsp3) is 0.0714. The minimum atomic E-state index is -0.399. The Hall–Kier alpha value is -2.89. The molecule has 0 unspecified atom stereocenters. The molecule has 0 atom stereocenters. The highest BCUT2D eigenvalue weighted by Crippen LogP contribution is 2.22. The lowest BCUT2D eigenvalue weighted by molar-refractivity contribution is -0.384. The number of nitrogens with one attached hydrogen (secondary N) is 2. The fourth-order valence-electron chi connectivity index (χ4n) is 2.06. The van der Waals surface area contributed by atoms with Crippen LogP contribution < -0.4 is 5.32 Å². The van der Waals surface area contributed by atoms with Crippen molar-refractivity contribution in [2.24, 2.45) is 0 Å². The topological polar surface area (TPSA) is 83.9 Å². The lowest BCUT2D eigenvalue weighted by Gasteiger charge is -2.07. The van der Waals surface area contributed by atoms with Crippen LogP contribution in [0.3, 0.4) is 0 Å². The van der Waals surface area contributed by atoms with E-state index in [1.807, 2.05) is 18.2 Å². The molecule has 3 rings (SSSR count). The molecule has 3 aromatic rings. The second-order valence-corrected chi connectivity index (χ2v) is 4.41. The van der Waals surface area contributed by atoms with E-state index in [2.05, 4.69) is 15.5 Å². The van der Waals surface area contributed by atoms with Gasteiger partial charge in [-0.1, -0.05) is 18.2 Å². The molecule has 0 amide bonds. The number of nitrogens with zero attached hydrogens (tertiary/aromatic N) is 2. The number of fused-ring (bicyclic) bond motifs is 1. The van der Waals surface area contributed by atoms with Gasteiger partial charge in [0.15, 0.2) is 0 Å². The number of H-pyrrole nitrogens is 1. The minimum Gasteiger partial charge on any atom is -0.380 e. The van der Waals surface area contributed by atoms with Crippen LogP contribution in [0.2, 0.25) is 0 Å². The molecule has 0 aliphatic heterocycles. The maximum Gasteiger partial charge on any atom is 0.269 e. The molecule has 0 aliphatic rings. The summed E-state index contributed by atoms with van der Waals surface area (Å²) in [6.07, 6.45) is 1.77. The first-order valence-electron chi connectivity index (χ1n) is 6.13. The summed E-state index contributed by atoms with van der Waals surface area (Å²) in [5.74, 6) is 0. The number of aromatic nitrogens is 2. The molecule has 100 valence electrons. The molecule has 2 aromatic carbocycles. The first-order chi connectivity index (χ1) is 9.74. The van der Waals surface area contributed by atoms with Crippen LogP contribution in [0, 0.1) is 10.1 Å². The molecule has 6 nitrogen and oxygen atoms in total. The number of hydrogen-bond acceptors (Lipinski definition) is 4. The molecule has 0 aliphatic carbocycles. The van der Waals surface area contributed by atoms with Gasteiger partial charge in [-0.3, -0.25) is 15.2 Å². The van der Waals surface area contributed by atoms with E-state index >= 15 is 0 Å². The zero-order valence-electron chi connectivity index (χ0n) is 10.5. The van der Waals surface area contributed by atoms with Crippen LogP contribution in [-0.4, -0.2) is 15.1 Å². The summed E-state index contributed by atoms with van der Waals surface area (Å²) in [5, 5.41) is 21.8. The number of non-ortho nitro benzene ring substituents is 1. The third-order valence-electron chi connectivity index (χ3n) is 3.11. The summed E-state index contributed by atoms with van der Waals surface area (Å²) in [5.41, 5.74) is 3.04. The summed E-state index contributed by atoms with van der Waals surface area (Å²) in [6, 6.07) is 12.4. The molecule has 0 spiro atoms. The van der Waals surface area contributed by atoms with Crippen molar-refractivity contribution in [1.82, 2.24) is 10.2 Å². The van der Waals surface area contributed by atoms with Crippen molar-refractivity contribution in [3.05, 3.63) is 64.3 Å². The van der Waals surface area contributed by atoms with Gasteiger partial charge in [0.2, 0.25) is 0 Å². The predicted octanol–water partition coefficient (Wildman–Crippen LogP) is 3.08. The van der Waals surface area contributed by atoms with Gasteiger partial charge in [-0.15, -0.1) is 0 Å². The second kappa shape index (κ2) is 5.00. The van der Waals surface area contributed by atoms with Gasteiger partial charge in [-0.25, -0.2) is 0 Å². The number of anilines is 1. The highest BCUT2D eigenvalue weighted by atomic mass is 16.6. The Morgan fingerprint density at radius 3 is 2.75 bits per heavy atom. The van der Waals surface area contributed by atoms with Crippen LogP contribution in [-0.2, 0) is 6.54 Å². The summed E-state index contributed by atoms with van der Waals surface area (Å²) in [4.78, 5) is 10.2. The zero-order valence-corrected chi connectivity index (χ0v) is 10.5. The van der Waals surface area contributed by atoms with Gasteiger partial charge in [0, 0.05) is 29.8 Å². The van der Waals surface area contributed by atoms with E-state index in [1.54, 1.807) is 18.3 Å². The molecule has 2 N–H and O–H groups in total. The summed E-state index contributed by atoms with van der Waals surface area (Å²) >= 11 is 0. The van der Waals surface area contributed by atoms with Crippen molar-refractivity contribution in [3.63, 3.8) is 0 Å². The van der Waals surface area contributed by atoms with E-state index in [0.29, 0.717) is 6.54 Å². The standard InChI is InChI=1S/C14H12N4O2/c19-18(20)11-6-4-10(5-7-11)8-15-13-2-1-3-14-12(13)9-16-17-14/h1-7,9,15H,8H2,(H,16,17). The monoisotopic (exact) mass is 268 g/mol. The molecule has 0 saturated heterocycles. The van der Waals surface area contributed by atoms with E-state index in [4.69, 9.17) is 0 Å². The van der Waals surface area contributed by atoms with Crippen molar-refractivity contribution < 1.29 is 4.92 Å². The Balaban J connectivity index is 1.76. The zero-order chi connectivity index (χ0) is 13.9. The smallest absolute Gasteiger partial charge is 0.269 e. The van der Waals surface area contributed by atoms with Gasteiger partial charge in [0.25, 0.3) is 5.69 Å². The van der Waals surface area contributed by atoms with Gasteiger partial charge in [0.05, 0.1) is 16.6 Å². The van der Waals surface area contributed by atoms with Gasteiger partial charge in [-0.2, -0.15) is 5.10 Å². The SMILES string of the molecule is O=[N+]([O-])c1ccc(CNc2cccc3[nH]ncc23)cc1. The van der Waals surface area contributed by atoms with Gasteiger partial charge >= 0.3 is 0 Å². The number of nitro benzene ring substituents is 1. The maximum absolute atomic E-state index is 10.6. The lowest BCUT2D eigenvalue weighted by atomic mass is 10.2. The van der Waals surface area contributed by atoms with Crippen molar-refractivity contribution in [3.8, 4) is 0 Å². The normalized spacial score (nSPS) is 10.6. The molecular weight excluding hydrogens is 256 g/mol. The Labute approximate surface area is 114 Å². The number of benzene rings is 2. The van der Waals surface area contributed by atoms with Crippen molar-refractivity contribution in [2.75, 3.05) is 5.32 Å². The third-order valence-corrected chi connectivity index (χ3v) is 3.11. The van der Waals surface area contributed by atoms with Crippen molar-refractivity contribution in [1.29, 1.82) is 0 Å². The molecule has 20 heavy (non-hydrogen) atoms. The molecule has 0 bridgehead atoms. The number of rotatable bonds is 4. The Morgan fingerprint density at radius 1 is 1.20 bits per heavy atom. The first-order valence-corrected chi connectivity index (χ1v) is 6.13. The average molecular weight is 268 g/mol. The highest BCUT2D eigenvalue weighted by molar-refractivity contribution is 5.90. The molecule has 0 saturated carbocycles. The molecule has 1 heterocycles. The van der Waals surface area contributed by atoms with E-state index in [1.165, 1.54) is 12.1 Å². The molecular formula is C14H12N4O2. The lowest BCUT2D eigenvalue weighted by Crippen LogP contribution is -1.99.